The molecule has 5 nitrogen and oxygen atoms in total. The van der Waals surface area contributed by atoms with E-state index in [9.17, 15) is 9.59 Å². The molecule has 0 aliphatic rings. The van der Waals surface area contributed by atoms with Crippen molar-refractivity contribution in [2.24, 2.45) is 0 Å². The zero-order valence-electron chi connectivity index (χ0n) is 11.5. The summed E-state index contributed by atoms with van der Waals surface area (Å²) in [6.07, 6.45) is 1.38. The number of rotatable bonds is 7. The van der Waals surface area contributed by atoms with Gasteiger partial charge in [0.2, 0.25) is 0 Å². The summed E-state index contributed by atoms with van der Waals surface area (Å²) in [6, 6.07) is 2.76. The van der Waals surface area contributed by atoms with E-state index in [0.717, 1.165) is 11.3 Å². The minimum absolute atomic E-state index is 0.0690. The first-order valence-electron chi connectivity index (χ1n) is 6.46. The molecule has 0 bridgehead atoms. The molecule has 1 aromatic rings. The zero-order valence-corrected chi connectivity index (χ0v) is 13.1. The molecule has 0 aromatic carbocycles. The van der Waals surface area contributed by atoms with Gasteiger partial charge in [-0.05, 0) is 25.5 Å². The molecule has 0 spiro atoms. The number of carboxylic acids is 1. The molecule has 112 valence electrons. The lowest BCUT2D eigenvalue weighted by atomic mass is 10.1. The van der Waals surface area contributed by atoms with Crippen LogP contribution in [0.3, 0.4) is 0 Å². The van der Waals surface area contributed by atoms with Gasteiger partial charge in [-0.25, -0.2) is 4.79 Å². The molecule has 2 atom stereocenters. The summed E-state index contributed by atoms with van der Waals surface area (Å²) in [5, 5.41) is 14.3. The van der Waals surface area contributed by atoms with E-state index in [0.29, 0.717) is 10.8 Å². The molecular formula is C13H19ClN2O3S. The first-order chi connectivity index (χ1) is 9.42. The lowest BCUT2D eigenvalue weighted by Crippen LogP contribution is -2.43. The molecule has 7 heteroatoms. The quantitative estimate of drug-likeness (QED) is 0.721. The van der Waals surface area contributed by atoms with Crippen LogP contribution in [0, 0.1) is 0 Å². The second kappa shape index (κ2) is 8.11. The van der Waals surface area contributed by atoms with E-state index in [1.807, 2.05) is 19.9 Å². The monoisotopic (exact) mass is 318 g/mol. The third-order valence-corrected chi connectivity index (χ3v) is 4.18. The Hall–Kier alpha value is -1.27. The number of carboxylic acid groups (broad SMARTS) is 1. The highest BCUT2D eigenvalue weighted by molar-refractivity contribution is 7.16. The summed E-state index contributed by atoms with van der Waals surface area (Å²) in [6.45, 7) is 3.80. The van der Waals surface area contributed by atoms with Crippen molar-refractivity contribution in [3.8, 4) is 0 Å². The molecule has 1 heterocycles. The molecule has 0 radical (unpaired) electrons. The number of hydrogen-bond acceptors (Lipinski definition) is 3. The second-order valence-corrected chi connectivity index (χ2v) is 6.31. The Labute approximate surface area is 127 Å². The normalized spacial score (nSPS) is 13.6. The Morgan fingerprint density at radius 3 is 2.60 bits per heavy atom. The van der Waals surface area contributed by atoms with Gasteiger partial charge in [0.15, 0.2) is 0 Å². The lowest BCUT2D eigenvalue weighted by molar-refractivity contribution is -0.137. The molecule has 2 amide bonds. The zero-order chi connectivity index (χ0) is 15.1. The van der Waals surface area contributed by atoms with Crippen molar-refractivity contribution < 1.29 is 14.7 Å². The van der Waals surface area contributed by atoms with Gasteiger partial charge < -0.3 is 15.7 Å². The van der Waals surface area contributed by atoms with Crippen molar-refractivity contribution in [2.75, 3.05) is 0 Å². The number of amides is 2. The van der Waals surface area contributed by atoms with E-state index in [-0.39, 0.29) is 24.5 Å². The van der Waals surface area contributed by atoms with E-state index in [4.69, 9.17) is 16.7 Å². The summed E-state index contributed by atoms with van der Waals surface area (Å²) in [4.78, 5) is 23.5. The van der Waals surface area contributed by atoms with Gasteiger partial charge in [0.1, 0.15) is 0 Å². The van der Waals surface area contributed by atoms with Crippen LogP contribution in [-0.4, -0.2) is 23.1 Å². The molecular weight excluding hydrogens is 300 g/mol. The van der Waals surface area contributed by atoms with Crippen LogP contribution < -0.4 is 10.6 Å². The first-order valence-corrected chi connectivity index (χ1v) is 7.65. The van der Waals surface area contributed by atoms with E-state index >= 15 is 0 Å². The molecule has 0 saturated carbocycles. The van der Waals surface area contributed by atoms with Gasteiger partial charge in [-0.1, -0.05) is 24.9 Å². The van der Waals surface area contributed by atoms with E-state index in [1.165, 1.54) is 11.3 Å². The third-order valence-electron chi connectivity index (χ3n) is 2.76. The standard InChI is InChI=1S/C13H19ClN2O3S/c1-3-4-9(7-12(17)18)16-13(19)15-8(2)10-5-6-11(14)20-10/h5-6,8-9H,3-4,7H2,1-2H3,(H,17,18)(H2,15,16,19). The number of thiophene rings is 1. The van der Waals surface area contributed by atoms with Gasteiger partial charge >= 0.3 is 12.0 Å². The first kappa shape index (κ1) is 16.8. The van der Waals surface area contributed by atoms with Crippen LogP contribution >= 0.6 is 22.9 Å². The topological polar surface area (TPSA) is 78.4 Å². The molecule has 1 rings (SSSR count). The van der Waals surface area contributed by atoms with Gasteiger partial charge in [0.25, 0.3) is 0 Å². The number of aliphatic carboxylic acids is 1. The molecule has 1 aromatic heterocycles. The second-order valence-electron chi connectivity index (χ2n) is 4.56. The summed E-state index contributed by atoms with van der Waals surface area (Å²) in [5.41, 5.74) is 0. The molecule has 20 heavy (non-hydrogen) atoms. The fourth-order valence-electron chi connectivity index (χ4n) is 1.84. The number of carbonyl (C=O) groups is 2. The van der Waals surface area contributed by atoms with Crippen molar-refractivity contribution in [3.05, 3.63) is 21.3 Å². The smallest absolute Gasteiger partial charge is 0.315 e. The fraction of sp³-hybridized carbons (Fsp3) is 0.538. The van der Waals surface area contributed by atoms with Crippen molar-refractivity contribution in [1.29, 1.82) is 0 Å². The molecule has 0 aliphatic heterocycles. The molecule has 3 N–H and O–H groups in total. The van der Waals surface area contributed by atoms with Crippen LogP contribution in [0.4, 0.5) is 4.79 Å². The van der Waals surface area contributed by atoms with Crippen molar-refractivity contribution >= 4 is 34.9 Å². The van der Waals surface area contributed by atoms with Crippen molar-refractivity contribution in [3.63, 3.8) is 0 Å². The van der Waals surface area contributed by atoms with Crippen LogP contribution in [0.5, 0.6) is 0 Å². The summed E-state index contributed by atoms with van der Waals surface area (Å²) < 4.78 is 0.670. The van der Waals surface area contributed by atoms with Crippen molar-refractivity contribution in [2.45, 2.75) is 45.2 Å². The average molecular weight is 319 g/mol. The summed E-state index contributed by atoms with van der Waals surface area (Å²) >= 11 is 7.26. The number of hydrogen-bond donors (Lipinski definition) is 3. The highest BCUT2D eigenvalue weighted by Crippen LogP contribution is 2.26. The predicted molar refractivity (Wildman–Crippen MR) is 80.4 cm³/mol. The minimum atomic E-state index is -0.915. The largest absolute Gasteiger partial charge is 0.481 e. The Morgan fingerprint density at radius 2 is 2.10 bits per heavy atom. The Balaban J connectivity index is 2.50. The number of nitrogens with one attached hydrogen (secondary N) is 2. The predicted octanol–water partition coefficient (Wildman–Crippen LogP) is 3.41. The highest BCUT2D eigenvalue weighted by Gasteiger charge is 2.17. The summed E-state index contributed by atoms with van der Waals surface area (Å²) in [7, 11) is 0. The van der Waals surface area contributed by atoms with Gasteiger partial charge in [-0.15, -0.1) is 11.3 Å². The molecule has 0 saturated heterocycles. The minimum Gasteiger partial charge on any atom is -0.481 e. The van der Waals surface area contributed by atoms with Gasteiger partial charge in [0, 0.05) is 10.9 Å². The maximum Gasteiger partial charge on any atom is 0.315 e. The van der Waals surface area contributed by atoms with E-state index in [1.54, 1.807) is 6.07 Å². The number of urea groups is 1. The van der Waals surface area contributed by atoms with Crippen LogP contribution in [0.15, 0.2) is 12.1 Å². The SMILES string of the molecule is CCCC(CC(=O)O)NC(=O)NC(C)c1ccc(Cl)s1. The van der Waals surface area contributed by atoms with Gasteiger partial charge in [0.05, 0.1) is 16.8 Å². The van der Waals surface area contributed by atoms with Gasteiger partial charge in [-0.3, -0.25) is 4.79 Å². The Kier molecular flexibility index (Phi) is 6.81. The molecule has 0 fully saturated rings. The van der Waals surface area contributed by atoms with Crippen molar-refractivity contribution in [1.82, 2.24) is 10.6 Å². The maximum absolute atomic E-state index is 11.9. The Bertz CT molecular complexity index is 464. The van der Waals surface area contributed by atoms with E-state index in [2.05, 4.69) is 10.6 Å². The van der Waals surface area contributed by atoms with E-state index < -0.39 is 5.97 Å². The maximum atomic E-state index is 11.9. The molecule has 2 unspecified atom stereocenters. The fourth-order valence-corrected chi connectivity index (χ4v) is 2.90. The van der Waals surface area contributed by atoms with Gasteiger partial charge in [-0.2, -0.15) is 0 Å². The van der Waals surface area contributed by atoms with Crippen LogP contribution in [0.2, 0.25) is 4.34 Å². The third kappa shape index (κ3) is 5.79. The Morgan fingerprint density at radius 1 is 1.40 bits per heavy atom. The lowest BCUT2D eigenvalue weighted by Gasteiger charge is -2.19. The van der Waals surface area contributed by atoms with Crippen LogP contribution in [0.1, 0.15) is 44.0 Å². The van der Waals surface area contributed by atoms with Crippen LogP contribution in [0.25, 0.3) is 0 Å². The number of carbonyl (C=O) groups excluding carboxylic acids is 1. The molecule has 0 aliphatic carbocycles. The van der Waals surface area contributed by atoms with Crippen LogP contribution in [-0.2, 0) is 4.79 Å². The highest BCUT2D eigenvalue weighted by atomic mass is 35.5. The summed E-state index contributed by atoms with van der Waals surface area (Å²) in [5.74, 6) is -0.915. The average Bonchev–Trinajstić information content (AvgIpc) is 2.75. The number of halogens is 1.